The van der Waals surface area contributed by atoms with Crippen molar-refractivity contribution in [3.05, 3.63) is 35.4 Å². The van der Waals surface area contributed by atoms with Gasteiger partial charge in [0.25, 0.3) is 5.91 Å². The van der Waals surface area contributed by atoms with Crippen LogP contribution in [0.5, 0.6) is 0 Å². The van der Waals surface area contributed by atoms with E-state index < -0.39 is 0 Å². The van der Waals surface area contributed by atoms with Crippen molar-refractivity contribution in [3.8, 4) is 0 Å². The van der Waals surface area contributed by atoms with E-state index in [9.17, 15) is 9.59 Å². The zero-order valence-corrected chi connectivity index (χ0v) is 9.89. The molecule has 1 fully saturated rings. The normalized spacial score (nSPS) is 16.4. The number of hydrogen-bond acceptors (Lipinski definition) is 2. The van der Waals surface area contributed by atoms with Crippen LogP contribution in [-0.4, -0.2) is 30.2 Å². The van der Waals surface area contributed by atoms with E-state index in [0.717, 1.165) is 32.2 Å². The molecule has 0 spiro atoms. The molecule has 0 saturated carbocycles. The lowest BCUT2D eigenvalue weighted by molar-refractivity contribution is 0.0761. The molecule has 1 aromatic rings. The maximum atomic E-state index is 12.2. The molecule has 0 atom stereocenters. The summed E-state index contributed by atoms with van der Waals surface area (Å²) >= 11 is 0. The monoisotopic (exact) mass is 231 g/mol. The number of amides is 1. The molecule has 1 amide bonds. The molecule has 0 aliphatic carbocycles. The summed E-state index contributed by atoms with van der Waals surface area (Å²) in [6.07, 6.45) is 5.41. The van der Waals surface area contributed by atoms with Crippen molar-refractivity contribution in [1.29, 1.82) is 0 Å². The Balaban J connectivity index is 2.09. The van der Waals surface area contributed by atoms with Crippen LogP contribution >= 0.6 is 0 Å². The molecular weight excluding hydrogens is 214 g/mol. The summed E-state index contributed by atoms with van der Waals surface area (Å²) in [5, 5.41) is 0. The third-order valence-electron chi connectivity index (χ3n) is 3.19. The molecule has 1 saturated heterocycles. The average Bonchev–Trinajstić information content (AvgIpc) is 2.67. The molecule has 17 heavy (non-hydrogen) atoms. The topological polar surface area (TPSA) is 37.4 Å². The van der Waals surface area contributed by atoms with Crippen LogP contribution < -0.4 is 0 Å². The molecular formula is C14H17NO2. The Labute approximate surface area is 101 Å². The van der Waals surface area contributed by atoms with Crippen molar-refractivity contribution >= 4 is 12.2 Å². The van der Waals surface area contributed by atoms with Crippen LogP contribution in [-0.2, 0) is 0 Å². The maximum absolute atomic E-state index is 12.2. The van der Waals surface area contributed by atoms with Gasteiger partial charge >= 0.3 is 0 Å². The minimum atomic E-state index is 0.0874. The smallest absolute Gasteiger partial charge is 0.253 e. The summed E-state index contributed by atoms with van der Waals surface area (Å²) in [4.78, 5) is 24.6. The molecule has 1 aliphatic heterocycles. The highest BCUT2D eigenvalue weighted by molar-refractivity contribution is 5.94. The van der Waals surface area contributed by atoms with E-state index in [0.29, 0.717) is 11.1 Å². The van der Waals surface area contributed by atoms with Crippen molar-refractivity contribution in [2.45, 2.75) is 25.7 Å². The molecule has 2 rings (SSSR count). The second kappa shape index (κ2) is 5.62. The fraction of sp³-hybridized carbons (Fsp3) is 0.429. The number of benzene rings is 1. The molecule has 0 radical (unpaired) electrons. The maximum Gasteiger partial charge on any atom is 0.253 e. The van der Waals surface area contributed by atoms with Gasteiger partial charge in [-0.15, -0.1) is 0 Å². The zero-order valence-electron chi connectivity index (χ0n) is 9.89. The van der Waals surface area contributed by atoms with E-state index in [-0.39, 0.29) is 5.91 Å². The van der Waals surface area contributed by atoms with E-state index in [1.54, 1.807) is 24.3 Å². The van der Waals surface area contributed by atoms with Gasteiger partial charge < -0.3 is 4.90 Å². The fourth-order valence-corrected chi connectivity index (χ4v) is 2.16. The summed E-state index contributed by atoms with van der Waals surface area (Å²) in [5.41, 5.74) is 1.29. The minimum absolute atomic E-state index is 0.0874. The average molecular weight is 231 g/mol. The molecule has 90 valence electrons. The largest absolute Gasteiger partial charge is 0.339 e. The quantitative estimate of drug-likeness (QED) is 0.733. The van der Waals surface area contributed by atoms with E-state index in [4.69, 9.17) is 0 Å². The lowest BCUT2D eigenvalue weighted by Gasteiger charge is -2.20. The van der Waals surface area contributed by atoms with Crippen LogP contribution in [0.4, 0.5) is 0 Å². The van der Waals surface area contributed by atoms with Gasteiger partial charge in [-0.3, -0.25) is 9.59 Å². The third-order valence-corrected chi connectivity index (χ3v) is 3.19. The number of aldehydes is 1. The number of carbonyl (C=O) groups excluding carboxylic acids is 2. The number of hydrogen-bond donors (Lipinski definition) is 0. The van der Waals surface area contributed by atoms with Crippen LogP contribution in [0.15, 0.2) is 24.3 Å². The number of nitrogens with zero attached hydrogens (tertiary/aromatic N) is 1. The van der Waals surface area contributed by atoms with Gasteiger partial charge in [-0.2, -0.15) is 0 Å². The second-order valence-electron chi connectivity index (χ2n) is 4.45. The number of likely N-dealkylation sites (tertiary alicyclic amines) is 1. The molecule has 1 aromatic carbocycles. The summed E-state index contributed by atoms with van der Waals surface area (Å²) < 4.78 is 0. The van der Waals surface area contributed by atoms with Crippen LogP contribution in [0, 0.1) is 0 Å². The Morgan fingerprint density at radius 1 is 1.00 bits per heavy atom. The molecule has 3 heteroatoms. The van der Waals surface area contributed by atoms with E-state index in [1.165, 1.54) is 12.8 Å². The summed E-state index contributed by atoms with van der Waals surface area (Å²) in [6.45, 7) is 1.71. The van der Waals surface area contributed by atoms with Crippen molar-refractivity contribution < 1.29 is 9.59 Å². The lowest BCUT2D eigenvalue weighted by atomic mass is 10.1. The Bertz CT molecular complexity index is 389. The van der Waals surface area contributed by atoms with Gasteiger partial charge in [0.2, 0.25) is 0 Å². The van der Waals surface area contributed by atoms with Gasteiger partial charge in [0.1, 0.15) is 6.29 Å². The summed E-state index contributed by atoms with van der Waals surface area (Å²) in [6, 6.07) is 6.85. The molecule has 0 bridgehead atoms. The van der Waals surface area contributed by atoms with Gasteiger partial charge in [0.15, 0.2) is 0 Å². The first-order valence-corrected chi connectivity index (χ1v) is 6.16. The zero-order chi connectivity index (χ0) is 12.1. The summed E-state index contributed by atoms with van der Waals surface area (Å²) in [5.74, 6) is 0.0874. The molecule has 3 nitrogen and oxygen atoms in total. The van der Waals surface area contributed by atoms with Crippen molar-refractivity contribution in [1.82, 2.24) is 4.90 Å². The minimum Gasteiger partial charge on any atom is -0.339 e. The van der Waals surface area contributed by atoms with Crippen molar-refractivity contribution in [3.63, 3.8) is 0 Å². The van der Waals surface area contributed by atoms with Crippen LogP contribution in [0.3, 0.4) is 0 Å². The van der Waals surface area contributed by atoms with Crippen LogP contribution in [0.25, 0.3) is 0 Å². The van der Waals surface area contributed by atoms with Gasteiger partial charge in [-0.25, -0.2) is 0 Å². The highest BCUT2D eigenvalue weighted by atomic mass is 16.2. The first-order valence-electron chi connectivity index (χ1n) is 6.16. The predicted octanol–water partition coefficient (Wildman–Crippen LogP) is 2.52. The van der Waals surface area contributed by atoms with E-state index in [1.807, 2.05) is 4.90 Å². The Morgan fingerprint density at radius 3 is 2.12 bits per heavy atom. The molecule has 0 unspecified atom stereocenters. The third kappa shape index (κ3) is 2.93. The van der Waals surface area contributed by atoms with Crippen molar-refractivity contribution in [2.75, 3.05) is 13.1 Å². The Morgan fingerprint density at radius 2 is 1.59 bits per heavy atom. The fourth-order valence-electron chi connectivity index (χ4n) is 2.16. The predicted molar refractivity (Wildman–Crippen MR) is 66.2 cm³/mol. The SMILES string of the molecule is O=Cc1ccc(C(=O)N2CCCCCC2)cc1. The Kier molecular flexibility index (Phi) is 3.91. The van der Waals surface area contributed by atoms with Crippen LogP contribution in [0.1, 0.15) is 46.4 Å². The second-order valence-corrected chi connectivity index (χ2v) is 4.45. The molecule has 1 aliphatic rings. The number of carbonyl (C=O) groups is 2. The number of rotatable bonds is 2. The van der Waals surface area contributed by atoms with E-state index >= 15 is 0 Å². The van der Waals surface area contributed by atoms with Crippen molar-refractivity contribution in [2.24, 2.45) is 0 Å². The van der Waals surface area contributed by atoms with E-state index in [2.05, 4.69) is 0 Å². The standard InChI is InChI=1S/C14H17NO2/c16-11-12-5-7-13(8-6-12)14(17)15-9-3-1-2-4-10-15/h5-8,11H,1-4,9-10H2. The Hall–Kier alpha value is -1.64. The first kappa shape index (κ1) is 11.8. The first-order chi connectivity index (χ1) is 8.31. The van der Waals surface area contributed by atoms with Gasteiger partial charge in [0.05, 0.1) is 0 Å². The highest BCUT2D eigenvalue weighted by Gasteiger charge is 2.16. The van der Waals surface area contributed by atoms with Crippen LogP contribution in [0.2, 0.25) is 0 Å². The van der Waals surface area contributed by atoms with Gasteiger partial charge in [-0.05, 0) is 25.0 Å². The molecule has 0 aromatic heterocycles. The van der Waals surface area contributed by atoms with Gasteiger partial charge in [-0.1, -0.05) is 25.0 Å². The highest BCUT2D eigenvalue weighted by Crippen LogP contribution is 2.13. The lowest BCUT2D eigenvalue weighted by Crippen LogP contribution is -2.31. The molecule has 0 N–H and O–H groups in total. The summed E-state index contributed by atoms with van der Waals surface area (Å²) in [7, 11) is 0. The molecule has 1 heterocycles. The van der Waals surface area contributed by atoms with Gasteiger partial charge in [0, 0.05) is 24.2 Å².